The molecule has 0 spiro atoms. The first kappa shape index (κ1) is 31.3. The van der Waals surface area contributed by atoms with Gasteiger partial charge in [0.2, 0.25) is 0 Å². The average molecular weight is 753 g/mol. The van der Waals surface area contributed by atoms with E-state index in [1.54, 1.807) is 0 Å². The molecule has 0 saturated heterocycles. The van der Waals surface area contributed by atoms with Crippen LogP contribution >= 0.6 is 0 Å². The lowest BCUT2D eigenvalue weighted by atomic mass is 9.88. The van der Waals surface area contributed by atoms with Crippen molar-refractivity contribution in [2.45, 2.75) is 5.92 Å². The van der Waals surface area contributed by atoms with Crippen molar-refractivity contribution < 1.29 is 8.83 Å². The molecule has 13 aromatic rings. The fourth-order valence-corrected chi connectivity index (χ4v) is 10.5. The summed E-state index contributed by atoms with van der Waals surface area (Å²) in [6.07, 6.45) is 0. The van der Waals surface area contributed by atoms with Crippen LogP contribution in [-0.4, -0.2) is 9.13 Å². The molecule has 0 radical (unpaired) electrons. The fraction of sp³-hybridized carbons (Fsp3) is 0.0182. The summed E-state index contributed by atoms with van der Waals surface area (Å²) in [5.41, 5.74) is 17.1. The third-order valence-electron chi connectivity index (χ3n) is 13.0. The standard InChI is InChI=1S/C55H32N2O2/c1-2-16-40-35(11-1)41-30-43-42-28-33(56-47-17-7-3-12-36(47)37-13-4-8-18-48(37)56)22-24-49(42)57(34-23-26-54-45(29-34)39-15-6-10-20-52(39)59-54)50(43)31-46(41)55(40)32-21-25-53-44(27-32)38-14-5-9-19-51(38)58-53/h1-31,55H. The van der Waals surface area contributed by atoms with Gasteiger partial charge >= 0.3 is 0 Å². The molecule has 1 aliphatic carbocycles. The Bertz CT molecular complexity index is 3870. The van der Waals surface area contributed by atoms with E-state index >= 15 is 0 Å². The Balaban J connectivity index is 1.07. The molecule has 274 valence electrons. The summed E-state index contributed by atoms with van der Waals surface area (Å²) in [6, 6.07) is 68.5. The van der Waals surface area contributed by atoms with Gasteiger partial charge in [0.15, 0.2) is 0 Å². The first-order valence-electron chi connectivity index (χ1n) is 20.3. The molecular formula is C55H32N2O2. The van der Waals surface area contributed by atoms with Crippen molar-refractivity contribution in [1.29, 1.82) is 0 Å². The Morgan fingerprint density at radius 2 is 0.814 bits per heavy atom. The van der Waals surface area contributed by atoms with Gasteiger partial charge in [-0.05, 0) is 113 Å². The van der Waals surface area contributed by atoms with Crippen molar-refractivity contribution in [1.82, 2.24) is 9.13 Å². The van der Waals surface area contributed by atoms with E-state index in [2.05, 4.69) is 185 Å². The van der Waals surface area contributed by atoms with Crippen LogP contribution in [0.5, 0.6) is 0 Å². The lowest BCUT2D eigenvalue weighted by Gasteiger charge is -2.16. The molecule has 0 N–H and O–H groups in total. The Morgan fingerprint density at radius 3 is 1.54 bits per heavy atom. The maximum absolute atomic E-state index is 6.32. The molecule has 4 nitrogen and oxygen atoms in total. The Hall–Kier alpha value is -7.82. The van der Waals surface area contributed by atoms with Crippen molar-refractivity contribution in [3.8, 4) is 22.5 Å². The third kappa shape index (κ3) is 4.22. The predicted octanol–water partition coefficient (Wildman–Crippen LogP) is 14.8. The van der Waals surface area contributed by atoms with Gasteiger partial charge in [-0.15, -0.1) is 0 Å². The molecule has 1 atom stereocenters. The molecule has 4 heteroatoms. The van der Waals surface area contributed by atoms with Gasteiger partial charge < -0.3 is 18.0 Å². The zero-order valence-electron chi connectivity index (χ0n) is 31.7. The maximum atomic E-state index is 6.32. The molecule has 0 amide bonds. The van der Waals surface area contributed by atoms with Gasteiger partial charge in [-0.1, -0.05) is 103 Å². The molecule has 4 heterocycles. The van der Waals surface area contributed by atoms with Crippen molar-refractivity contribution >= 4 is 87.5 Å². The number of rotatable bonds is 3. The highest BCUT2D eigenvalue weighted by Crippen LogP contribution is 2.51. The highest BCUT2D eigenvalue weighted by Gasteiger charge is 2.32. The van der Waals surface area contributed by atoms with Gasteiger partial charge in [-0.25, -0.2) is 0 Å². The van der Waals surface area contributed by atoms with Crippen LogP contribution in [-0.2, 0) is 0 Å². The third-order valence-corrected chi connectivity index (χ3v) is 13.0. The van der Waals surface area contributed by atoms with Crippen molar-refractivity contribution in [2.24, 2.45) is 0 Å². The minimum Gasteiger partial charge on any atom is -0.456 e. The zero-order valence-corrected chi connectivity index (χ0v) is 31.7. The summed E-state index contributed by atoms with van der Waals surface area (Å²) in [4.78, 5) is 0. The van der Waals surface area contributed by atoms with Crippen LogP contribution in [0.1, 0.15) is 22.6 Å². The Kier molecular flexibility index (Phi) is 6.05. The van der Waals surface area contributed by atoms with Gasteiger partial charge in [-0.3, -0.25) is 0 Å². The minimum atomic E-state index is 0.0589. The summed E-state index contributed by atoms with van der Waals surface area (Å²) in [5.74, 6) is 0.0589. The van der Waals surface area contributed by atoms with Crippen molar-refractivity contribution in [3.63, 3.8) is 0 Å². The molecule has 0 fully saturated rings. The Labute approximate surface area is 337 Å². The van der Waals surface area contributed by atoms with E-state index in [9.17, 15) is 0 Å². The smallest absolute Gasteiger partial charge is 0.135 e. The molecule has 1 aliphatic rings. The number of furan rings is 2. The van der Waals surface area contributed by atoms with Crippen molar-refractivity contribution in [3.05, 3.63) is 205 Å². The van der Waals surface area contributed by atoms with E-state index in [0.717, 1.165) is 60.8 Å². The zero-order chi connectivity index (χ0) is 38.3. The van der Waals surface area contributed by atoms with Crippen LogP contribution in [0.25, 0.3) is 110 Å². The second-order valence-electron chi connectivity index (χ2n) is 16.0. The lowest BCUT2D eigenvalue weighted by molar-refractivity contribution is 0.668. The number of nitrogens with zero attached hydrogens (tertiary/aromatic N) is 2. The first-order valence-corrected chi connectivity index (χ1v) is 20.3. The second-order valence-corrected chi connectivity index (χ2v) is 16.0. The molecule has 0 saturated carbocycles. The highest BCUT2D eigenvalue weighted by molar-refractivity contribution is 6.14. The summed E-state index contributed by atoms with van der Waals surface area (Å²) in [6.45, 7) is 0. The van der Waals surface area contributed by atoms with Crippen LogP contribution < -0.4 is 0 Å². The molecule has 9 aromatic carbocycles. The topological polar surface area (TPSA) is 36.1 Å². The summed E-state index contributed by atoms with van der Waals surface area (Å²) in [7, 11) is 0. The van der Waals surface area contributed by atoms with E-state index in [-0.39, 0.29) is 5.92 Å². The van der Waals surface area contributed by atoms with Crippen molar-refractivity contribution in [2.75, 3.05) is 0 Å². The fourth-order valence-electron chi connectivity index (χ4n) is 10.5. The highest BCUT2D eigenvalue weighted by atomic mass is 16.3. The molecule has 14 rings (SSSR count). The molecule has 0 aliphatic heterocycles. The monoisotopic (exact) mass is 752 g/mol. The number of hydrogen-bond donors (Lipinski definition) is 0. The van der Waals surface area contributed by atoms with Crippen LogP contribution in [0.3, 0.4) is 0 Å². The normalized spacial score (nSPS) is 13.9. The number of benzene rings is 9. The number of fused-ring (bicyclic) bond motifs is 15. The van der Waals surface area contributed by atoms with E-state index in [0.29, 0.717) is 0 Å². The van der Waals surface area contributed by atoms with Crippen LogP contribution in [0.15, 0.2) is 197 Å². The summed E-state index contributed by atoms with van der Waals surface area (Å²) >= 11 is 0. The van der Waals surface area contributed by atoms with E-state index in [4.69, 9.17) is 8.83 Å². The second kappa shape index (κ2) is 11.4. The maximum Gasteiger partial charge on any atom is 0.135 e. The van der Waals surface area contributed by atoms with Crippen LogP contribution in [0, 0.1) is 0 Å². The van der Waals surface area contributed by atoms with Gasteiger partial charge in [0.05, 0.1) is 22.1 Å². The largest absolute Gasteiger partial charge is 0.456 e. The molecule has 0 bridgehead atoms. The van der Waals surface area contributed by atoms with E-state index < -0.39 is 0 Å². The SMILES string of the molecule is c1ccc2c(c1)-c1cc3c4cc(-n5c6ccccc6c6ccccc65)ccc4n(-c4ccc5oc6ccccc6c5c4)c3cc1C2c1ccc2oc3ccccc3c2c1. The summed E-state index contributed by atoms with van der Waals surface area (Å²) < 4.78 is 17.5. The number of aromatic nitrogens is 2. The molecule has 59 heavy (non-hydrogen) atoms. The van der Waals surface area contributed by atoms with Crippen LogP contribution in [0.4, 0.5) is 0 Å². The van der Waals surface area contributed by atoms with E-state index in [1.807, 2.05) is 12.1 Å². The number of hydrogen-bond acceptors (Lipinski definition) is 2. The van der Waals surface area contributed by atoms with Gasteiger partial charge in [0.1, 0.15) is 22.3 Å². The minimum absolute atomic E-state index is 0.0589. The average Bonchev–Trinajstić information content (AvgIpc) is 4.09. The molecule has 1 unspecified atom stereocenters. The van der Waals surface area contributed by atoms with Crippen LogP contribution in [0.2, 0.25) is 0 Å². The van der Waals surface area contributed by atoms with Gasteiger partial charge in [0, 0.05) is 60.4 Å². The van der Waals surface area contributed by atoms with Gasteiger partial charge in [-0.2, -0.15) is 0 Å². The number of para-hydroxylation sites is 4. The molecular weight excluding hydrogens is 721 g/mol. The Morgan fingerprint density at radius 1 is 0.305 bits per heavy atom. The lowest BCUT2D eigenvalue weighted by Crippen LogP contribution is -2.00. The predicted molar refractivity (Wildman–Crippen MR) is 242 cm³/mol. The van der Waals surface area contributed by atoms with Gasteiger partial charge in [0.25, 0.3) is 0 Å². The quantitative estimate of drug-likeness (QED) is 0.180. The van der Waals surface area contributed by atoms with E-state index in [1.165, 1.54) is 65.9 Å². The first-order chi connectivity index (χ1) is 29.2. The summed E-state index contributed by atoms with van der Waals surface area (Å²) in [5, 5.41) is 9.49. The molecule has 4 aromatic heterocycles.